The summed E-state index contributed by atoms with van der Waals surface area (Å²) in [5, 5.41) is 21.1. The van der Waals surface area contributed by atoms with Crippen molar-refractivity contribution in [3.8, 4) is 0 Å². The number of aromatic nitrogens is 1. The van der Waals surface area contributed by atoms with E-state index in [1.165, 1.54) is 7.05 Å². The Labute approximate surface area is 336 Å². The number of carbonyl (C=O) groups excluding carboxylic acids is 5. The number of carbonyl (C=O) groups is 6. The summed E-state index contributed by atoms with van der Waals surface area (Å²) >= 11 is 0. The minimum atomic E-state index is -3.95. The Kier molecular flexibility index (Phi) is 15.9. The van der Waals surface area contributed by atoms with Crippen LogP contribution in [0.4, 0.5) is 10.5 Å². The molecule has 0 bridgehead atoms. The Balaban J connectivity index is 1.55. The van der Waals surface area contributed by atoms with E-state index in [4.69, 9.17) is 5.73 Å². The number of H-pyrrole nitrogens is 1. The number of hydrogen-bond acceptors (Lipinski definition) is 8. The summed E-state index contributed by atoms with van der Waals surface area (Å²) in [7, 11) is -2.76. The molecule has 4 rings (SSSR count). The third-order valence-corrected chi connectivity index (χ3v) is 10.1. The third kappa shape index (κ3) is 13.4. The van der Waals surface area contributed by atoms with Crippen LogP contribution >= 0.6 is 0 Å². The molecular formula is C40H50N8O9S. The largest absolute Gasteiger partial charge is 0.481 e. The number of fused-ring (bicyclic) bond motifs is 1. The number of primary amides is 1. The number of aromatic amines is 1. The molecule has 17 nitrogen and oxygen atoms in total. The number of aryl methyl sites for hydroxylation is 1. The Bertz CT molecular complexity index is 2200. The van der Waals surface area contributed by atoms with E-state index in [1.807, 2.05) is 37.3 Å². The molecule has 9 N–H and O–H groups in total. The van der Waals surface area contributed by atoms with E-state index in [0.29, 0.717) is 23.2 Å². The van der Waals surface area contributed by atoms with Gasteiger partial charge in [-0.25, -0.2) is 17.9 Å². The van der Waals surface area contributed by atoms with Gasteiger partial charge in [-0.3, -0.25) is 24.0 Å². The molecule has 0 aliphatic carbocycles. The summed E-state index contributed by atoms with van der Waals surface area (Å²) in [6.07, 6.45) is 2.13. The van der Waals surface area contributed by atoms with Gasteiger partial charge in [-0.2, -0.15) is 0 Å². The number of carboxylic acid groups (broad SMARTS) is 1. The van der Waals surface area contributed by atoms with Gasteiger partial charge >= 0.3 is 12.0 Å². The maximum atomic E-state index is 14.2. The lowest BCUT2D eigenvalue weighted by Crippen LogP contribution is -2.59. The number of likely N-dealkylation sites (N-methyl/N-ethyl adjacent to an activating group) is 1. The van der Waals surface area contributed by atoms with E-state index in [-0.39, 0.29) is 32.2 Å². The zero-order chi connectivity index (χ0) is 42.4. The molecule has 0 unspecified atom stereocenters. The molecule has 310 valence electrons. The highest BCUT2D eigenvalue weighted by Gasteiger charge is 2.36. The summed E-state index contributed by atoms with van der Waals surface area (Å²) in [5.74, 6) is -4.99. The summed E-state index contributed by atoms with van der Waals surface area (Å²) in [4.78, 5) is 82.7. The minimum absolute atomic E-state index is 0.000214. The molecule has 4 atom stereocenters. The number of nitrogens with zero attached hydrogens (tertiary/aromatic N) is 1. The second-order valence-electron chi connectivity index (χ2n) is 14.0. The molecule has 4 aromatic rings. The summed E-state index contributed by atoms with van der Waals surface area (Å²) < 4.78 is 27.3. The van der Waals surface area contributed by atoms with Crippen molar-refractivity contribution in [3.05, 3.63) is 102 Å². The van der Waals surface area contributed by atoms with Crippen LogP contribution in [0.1, 0.15) is 42.4 Å². The second kappa shape index (κ2) is 20.8. The number of hydrogen-bond donors (Lipinski definition) is 8. The number of carboxylic acids is 1. The van der Waals surface area contributed by atoms with Gasteiger partial charge in [0, 0.05) is 42.8 Å². The molecule has 18 heteroatoms. The maximum absolute atomic E-state index is 14.2. The number of benzene rings is 3. The van der Waals surface area contributed by atoms with E-state index in [9.17, 15) is 42.3 Å². The molecule has 0 spiro atoms. The Morgan fingerprint density at radius 3 is 2.16 bits per heavy atom. The molecule has 0 saturated heterocycles. The van der Waals surface area contributed by atoms with Crippen LogP contribution in [0, 0.1) is 6.92 Å². The van der Waals surface area contributed by atoms with Crippen LogP contribution in [-0.2, 0) is 46.8 Å². The van der Waals surface area contributed by atoms with Crippen LogP contribution in [0.15, 0.2) is 85.1 Å². The van der Waals surface area contributed by atoms with Crippen LogP contribution in [0.25, 0.3) is 10.9 Å². The molecular weight excluding hydrogens is 769 g/mol. The smallest absolute Gasteiger partial charge is 0.319 e. The number of unbranched alkanes of at least 4 members (excludes halogenated alkanes) is 1. The number of para-hydroxylation sites is 2. The van der Waals surface area contributed by atoms with Gasteiger partial charge < -0.3 is 42.0 Å². The van der Waals surface area contributed by atoms with Gasteiger partial charge in [-0.15, -0.1) is 0 Å². The minimum Gasteiger partial charge on any atom is -0.481 e. The predicted molar refractivity (Wildman–Crippen MR) is 218 cm³/mol. The monoisotopic (exact) mass is 818 g/mol. The highest BCUT2D eigenvalue weighted by Crippen LogP contribution is 2.20. The first-order valence-corrected chi connectivity index (χ1v) is 20.5. The highest BCUT2D eigenvalue weighted by atomic mass is 32.2. The van der Waals surface area contributed by atoms with E-state index in [0.717, 1.165) is 27.6 Å². The zero-order valence-corrected chi connectivity index (χ0v) is 33.3. The normalized spacial score (nSPS) is 13.4. The van der Waals surface area contributed by atoms with Crippen LogP contribution in [-0.4, -0.2) is 103 Å². The molecule has 0 aliphatic heterocycles. The molecule has 0 saturated carbocycles. The average molecular weight is 819 g/mol. The fourth-order valence-corrected chi connectivity index (χ4v) is 7.07. The maximum Gasteiger partial charge on any atom is 0.319 e. The van der Waals surface area contributed by atoms with E-state index >= 15 is 0 Å². The van der Waals surface area contributed by atoms with Crippen LogP contribution in [0.3, 0.4) is 0 Å². The third-order valence-electron chi connectivity index (χ3n) is 9.41. The lowest BCUT2D eigenvalue weighted by atomic mass is 10.0. The van der Waals surface area contributed by atoms with Gasteiger partial charge in [0.25, 0.3) is 0 Å². The van der Waals surface area contributed by atoms with E-state index in [2.05, 4.69) is 31.0 Å². The van der Waals surface area contributed by atoms with Crippen molar-refractivity contribution in [1.82, 2.24) is 30.6 Å². The number of amides is 6. The second-order valence-corrected chi connectivity index (χ2v) is 15.8. The standard InChI is InChI=1S/C40H50N8O9S/c1-25-13-7-9-17-29(25)46-40(55)42-20-12-11-19-31(44-37(52)33(47-58(3,56)57)22-27-24-43-30-18-10-8-16-28(27)30)39(54)48(2)34(23-35(49)50)38(53)45-32(36(41)51)21-26-14-5-4-6-15-26/h4-10,13-18,24,31-34,43,47H,11-12,19-23H2,1-3H3,(H2,41,51)(H,44,52)(H,45,53)(H,49,50)(H2,42,46,55)/t31-,32-,33-,34-/m0/s1. The van der Waals surface area contributed by atoms with Crippen molar-refractivity contribution < 1.29 is 42.3 Å². The van der Waals surface area contributed by atoms with Gasteiger partial charge in [0.15, 0.2) is 0 Å². The molecule has 1 heterocycles. The number of urea groups is 1. The lowest BCUT2D eigenvalue weighted by Gasteiger charge is -2.31. The fourth-order valence-electron chi connectivity index (χ4n) is 6.36. The summed E-state index contributed by atoms with van der Waals surface area (Å²) in [6, 6.07) is 17.0. The van der Waals surface area contributed by atoms with Crippen molar-refractivity contribution in [1.29, 1.82) is 0 Å². The lowest BCUT2D eigenvalue weighted by molar-refractivity contribution is -0.147. The summed E-state index contributed by atoms with van der Waals surface area (Å²) in [5.41, 5.74) is 9.13. The van der Waals surface area contributed by atoms with E-state index in [1.54, 1.807) is 54.7 Å². The highest BCUT2D eigenvalue weighted by molar-refractivity contribution is 7.88. The van der Waals surface area contributed by atoms with Crippen molar-refractivity contribution >= 4 is 62.2 Å². The first-order valence-electron chi connectivity index (χ1n) is 18.6. The Hall–Kier alpha value is -6.27. The first-order chi connectivity index (χ1) is 27.5. The first kappa shape index (κ1) is 44.4. The van der Waals surface area contributed by atoms with Gasteiger partial charge in [-0.05, 0) is 61.4 Å². The molecule has 0 aliphatic rings. The SMILES string of the molecule is Cc1ccccc1NC(=O)NCCCC[C@H](NC(=O)[C@H](Cc1c[nH]c2ccccc12)NS(C)(=O)=O)C(=O)N(C)[C@@H](CC(=O)O)C(=O)N[C@@H](Cc1ccccc1)C(N)=O. The number of aliphatic carboxylic acids is 1. The van der Waals surface area contributed by atoms with Crippen molar-refractivity contribution in [2.45, 2.75) is 69.6 Å². The molecule has 1 aromatic heterocycles. The van der Waals surface area contributed by atoms with Gasteiger partial charge in [0.1, 0.15) is 24.2 Å². The predicted octanol–water partition coefficient (Wildman–Crippen LogP) is 1.93. The van der Waals surface area contributed by atoms with Crippen LogP contribution in [0.5, 0.6) is 0 Å². The van der Waals surface area contributed by atoms with Crippen LogP contribution < -0.4 is 31.7 Å². The van der Waals surface area contributed by atoms with E-state index < -0.39 is 76.2 Å². The molecule has 3 aromatic carbocycles. The summed E-state index contributed by atoms with van der Waals surface area (Å²) in [6.45, 7) is 2.03. The Morgan fingerprint density at radius 2 is 1.48 bits per heavy atom. The van der Waals surface area contributed by atoms with Gasteiger partial charge in [-0.1, -0.05) is 66.7 Å². The zero-order valence-electron chi connectivity index (χ0n) is 32.5. The number of nitrogens with two attached hydrogens (primary N) is 1. The molecule has 0 radical (unpaired) electrons. The molecule has 0 fully saturated rings. The van der Waals surface area contributed by atoms with Gasteiger partial charge in [0.05, 0.1) is 12.7 Å². The quantitative estimate of drug-likeness (QED) is 0.0571. The topological polar surface area (TPSA) is 262 Å². The van der Waals surface area contributed by atoms with Crippen molar-refractivity contribution in [2.24, 2.45) is 5.73 Å². The average Bonchev–Trinajstić information content (AvgIpc) is 3.58. The Morgan fingerprint density at radius 1 is 0.828 bits per heavy atom. The van der Waals surface area contributed by atoms with Crippen molar-refractivity contribution in [3.63, 3.8) is 0 Å². The fraction of sp³-hybridized carbons (Fsp3) is 0.350. The molecule has 58 heavy (non-hydrogen) atoms. The van der Waals surface area contributed by atoms with Crippen LogP contribution in [0.2, 0.25) is 0 Å². The molecule has 6 amide bonds. The van der Waals surface area contributed by atoms with Crippen molar-refractivity contribution in [2.75, 3.05) is 25.2 Å². The van der Waals surface area contributed by atoms with Gasteiger partial charge in [0.2, 0.25) is 33.7 Å². The number of nitrogens with one attached hydrogen (secondary N) is 6. The number of rotatable bonds is 21. The number of anilines is 1. The number of sulfonamides is 1.